The van der Waals surface area contributed by atoms with Gasteiger partial charge in [-0.1, -0.05) is 30.1 Å². The van der Waals surface area contributed by atoms with Crippen LogP contribution >= 0.6 is 23.2 Å². The minimum atomic E-state index is -5.04. The predicted molar refractivity (Wildman–Crippen MR) is 77.9 cm³/mol. The van der Waals surface area contributed by atoms with Gasteiger partial charge in [0.25, 0.3) is 0 Å². The highest BCUT2D eigenvalue weighted by Gasteiger charge is 2.65. The Kier molecular flexibility index (Phi) is 4.77. The van der Waals surface area contributed by atoms with Crippen LogP contribution in [0.1, 0.15) is 20.3 Å². The third kappa shape index (κ3) is 3.53. The normalized spacial score (nSPS) is 16.8. The number of halogens is 5. The van der Waals surface area contributed by atoms with Crippen molar-refractivity contribution >= 4 is 29.2 Å². The molecule has 0 saturated heterocycles. The third-order valence-corrected chi connectivity index (χ3v) is 3.86. The van der Waals surface area contributed by atoms with Crippen LogP contribution in [0, 0.1) is 0 Å². The minimum Gasteiger partial charge on any atom is -0.424 e. The second-order valence-corrected chi connectivity index (χ2v) is 5.75. The average molecular weight is 373 g/mol. The van der Waals surface area contributed by atoms with E-state index < -0.39 is 18.1 Å². The van der Waals surface area contributed by atoms with Crippen LogP contribution in [-0.2, 0) is 0 Å². The number of ether oxygens (including phenoxy) is 2. The van der Waals surface area contributed by atoms with Gasteiger partial charge < -0.3 is 14.8 Å². The summed E-state index contributed by atoms with van der Waals surface area (Å²) in [4.78, 5) is 11.8. The topological polar surface area (TPSA) is 59.6 Å². The molecular formula is C13H13Cl2F3N2O3. The lowest BCUT2D eigenvalue weighted by molar-refractivity contribution is -0.317. The Morgan fingerprint density at radius 1 is 1.26 bits per heavy atom. The highest BCUT2D eigenvalue weighted by molar-refractivity contribution is 6.42. The zero-order chi connectivity index (χ0) is 17.4. The summed E-state index contributed by atoms with van der Waals surface area (Å²) in [6.07, 6.45) is -4.50. The van der Waals surface area contributed by atoms with Crippen molar-refractivity contribution in [3.05, 3.63) is 22.2 Å². The SMILES string of the molecule is CC[C@H](C)NC(=O)NC1(C(F)(F)F)Oc2cc(Cl)c(Cl)cc2O1. The Labute approximate surface area is 140 Å². The first-order valence-corrected chi connectivity index (χ1v) is 7.36. The molecule has 0 bridgehead atoms. The molecule has 0 unspecified atom stereocenters. The Morgan fingerprint density at radius 3 is 2.13 bits per heavy atom. The fourth-order valence-corrected chi connectivity index (χ4v) is 2.06. The predicted octanol–water partition coefficient (Wildman–Crippen LogP) is 4.08. The zero-order valence-electron chi connectivity index (χ0n) is 12.1. The summed E-state index contributed by atoms with van der Waals surface area (Å²) in [5.41, 5.74) is 0. The molecule has 2 rings (SSSR count). The number of carbonyl (C=O) groups is 1. The summed E-state index contributed by atoms with van der Waals surface area (Å²) in [5.74, 6) is -3.90. The lowest BCUT2D eigenvalue weighted by Crippen LogP contribution is -2.66. The van der Waals surface area contributed by atoms with Crippen molar-refractivity contribution in [3.63, 3.8) is 0 Å². The standard InChI is InChI=1S/C13H13Cl2F3N2O3/c1-3-6(2)19-11(21)20-13(12(16,17)18)22-9-4-7(14)8(15)5-10(9)23-13/h4-6H,3H2,1-2H3,(H2,19,20,21)/t6-/m0/s1. The van der Waals surface area contributed by atoms with E-state index in [0.717, 1.165) is 12.1 Å². The molecule has 10 heteroatoms. The van der Waals surface area contributed by atoms with Crippen LogP contribution in [0.5, 0.6) is 11.5 Å². The smallest absolute Gasteiger partial charge is 0.424 e. The number of rotatable bonds is 3. The maximum Gasteiger partial charge on any atom is 0.492 e. The molecule has 0 aromatic heterocycles. The molecule has 1 aliphatic heterocycles. The summed E-state index contributed by atoms with van der Waals surface area (Å²) in [5, 5.41) is 4.01. The first-order valence-electron chi connectivity index (χ1n) is 6.60. The van der Waals surface area contributed by atoms with E-state index >= 15 is 0 Å². The molecule has 128 valence electrons. The molecule has 1 heterocycles. The van der Waals surface area contributed by atoms with Crippen molar-refractivity contribution in [2.75, 3.05) is 0 Å². The van der Waals surface area contributed by atoms with E-state index in [1.165, 1.54) is 0 Å². The van der Waals surface area contributed by atoms with Gasteiger partial charge in [0.15, 0.2) is 11.5 Å². The number of carbonyl (C=O) groups excluding carboxylic acids is 1. The second-order valence-electron chi connectivity index (χ2n) is 4.94. The van der Waals surface area contributed by atoms with Gasteiger partial charge in [0.05, 0.1) is 10.0 Å². The molecule has 1 aromatic carbocycles. The summed E-state index contributed by atoms with van der Waals surface area (Å²) in [6.45, 7) is 3.41. The molecule has 2 N–H and O–H groups in total. The van der Waals surface area contributed by atoms with E-state index in [9.17, 15) is 18.0 Å². The van der Waals surface area contributed by atoms with E-state index in [0.29, 0.717) is 6.42 Å². The van der Waals surface area contributed by atoms with Crippen LogP contribution in [0.4, 0.5) is 18.0 Å². The quantitative estimate of drug-likeness (QED) is 0.840. The number of nitrogens with one attached hydrogen (secondary N) is 2. The largest absolute Gasteiger partial charge is 0.492 e. The van der Waals surface area contributed by atoms with Gasteiger partial charge in [0.2, 0.25) is 0 Å². The molecule has 1 aliphatic rings. The molecule has 2 amide bonds. The number of amides is 2. The lowest BCUT2D eigenvalue weighted by Gasteiger charge is -2.30. The van der Waals surface area contributed by atoms with Crippen molar-refractivity contribution in [1.82, 2.24) is 10.6 Å². The maximum absolute atomic E-state index is 13.4. The van der Waals surface area contributed by atoms with Gasteiger partial charge in [0, 0.05) is 18.2 Å². The van der Waals surface area contributed by atoms with Gasteiger partial charge >= 0.3 is 18.1 Å². The van der Waals surface area contributed by atoms with E-state index in [2.05, 4.69) is 5.32 Å². The molecule has 0 saturated carbocycles. The summed E-state index contributed by atoms with van der Waals surface area (Å²) < 4.78 is 49.8. The molecule has 5 nitrogen and oxygen atoms in total. The number of benzene rings is 1. The number of urea groups is 1. The van der Waals surface area contributed by atoms with E-state index in [4.69, 9.17) is 32.7 Å². The van der Waals surface area contributed by atoms with Crippen LogP contribution in [0.25, 0.3) is 0 Å². The zero-order valence-corrected chi connectivity index (χ0v) is 13.6. The first-order chi connectivity index (χ1) is 10.6. The van der Waals surface area contributed by atoms with E-state index in [1.807, 2.05) is 0 Å². The number of alkyl halides is 3. The van der Waals surface area contributed by atoms with Gasteiger partial charge in [-0.25, -0.2) is 4.79 Å². The van der Waals surface area contributed by atoms with Crippen molar-refractivity contribution in [2.45, 2.75) is 38.4 Å². The summed E-state index contributed by atoms with van der Waals surface area (Å²) in [6, 6.07) is 0.761. The lowest BCUT2D eigenvalue weighted by atomic mass is 10.3. The second kappa shape index (κ2) is 6.16. The maximum atomic E-state index is 13.4. The van der Waals surface area contributed by atoms with Gasteiger partial charge in [-0.2, -0.15) is 13.2 Å². The summed E-state index contributed by atoms with van der Waals surface area (Å²) in [7, 11) is 0. The fourth-order valence-electron chi connectivity index (χ4n) is 1.75. The first kappa shape index (κ1) is 17.8. The Hall–Kier alpha value is -1.54. The monoisotopic (exact) mass is 372 g/mol. The highest BCUT2D eigenvalue weighted by Crippen LogP contribution is 2.47. The molecule has 0 radical (unpaired) electrons. The van der Waals surface area contributed by atoms with E-state index in [-0.39, 0.29) is 27.6 Å². The van der Waals surface area contributed by atoms with Crippen LogP contribution in [0.15, 0.2) is 12.1 Å². The molecular weight excluding hydrogens is 360 g/mol. The Morgan fingerprint density at radius 2 is 1.74 bits per heavy atom. The van der Waals surface area contributed by atoms with Gasteiger partial charge in [-0.3, -0.25) is 5.32 Å². The number of fused-ring (bicyclic) bond motifs is 1. The molecule has 0 spiro atoms. The fraction of sp³-hybridized carbons (Fsp3) is 0.462. The third-order valence-electron chi connectivity index (χ3n) is 3.14. The van der Waals surface area contributed by atoms with Crippen molar-refractivity contribution in [2.24, 2.45) is 0 Å². The average Bonchev–Trinajstić information content (AvgIpc) is 2.76. The van der Waals surface area contributed by atoms with Crippen molar-refractivity contribution < 1.29 is 27.4 Å². The molecule has 1 atom stereocenters. The molecule has 1 aromatic rings. The molecule has 0 fully saturated rings. The molecule has 23 heavy (non-hydrogen) atoms. The molecule has 0 aliphatic carbocycles. The number of hydrogen-bond donors (Lipinski definition) is 2. The Balaban J connectivity index is 2.28. The highest BCUT2D eigenvalue weighted by atomic mass is 35.5. The van der Waals surface area contributed by atoms with Gasteiger partial charge in [-0.15, -0.1) is 0 Å². The van der Waals surface area contributed by atoms with Gasteiger partial charge in [-0.05, 0) is 13.3 Å². The van der Waals surface area contributed by atoms with E-state index in [1.54, 1.807) is 19.2 Å². The van der Waals surface area contributed by atoms with Crippen LogP contribution < -0.4 is 20.1 Å². The number of hydrogen-bond acceptors (Lipinski definition) is 3. The van der Waals surface area contributed by atoms with Crippen LogP contribution in [0.2, 0.25) is 10.0 Å². The van der Waals surface area contributed by atoms with Crippen LogP contribution in [0.3, 0.4) is 0 Å². The van der Waals surface area contributed by atoms with Crippen molar-refractivity contribution in [1.29, 1.82) is 0 Å². The van der Waals surface area contributed by atoms with Crippen molar-refractivity contribution in [3.8, 4) is 11.5 Å². The van der Waals surface area contributed by atoms with Crippen LogP contribution in [-0.4, -0.2) is 24.2 Å². The minimum absolute atomic E-state index is 0.00366. The Bertz CT molecular complexity index is 594. The van der Waals surface area contributed by atoms with Gasteiger partial charge in [0.1, 0.15) is 0 Å². The summed E-state index contributed by atoms with van der Waals surface area (Å²) >= 11 is 11.5.